The fourth-order valence-corrected chi connectivity index (χ4v) is 2.36. The van der Waals surface area contributed by atoms with E-state index in [0.717, 1.165) is 5.92 Å². The van der Waals surface area contributed by atoms with Gasteiger partial charge in [-0.25, -0.2) is 0 Å². The highest BCUT2D eigenvalue weighted by atomic mass is 16.4. The van der Waals surface area contributed by atoms with Crippen LogP contribution in [-0.4, -0.2) is 29.1 Å². The van der Waals surface area contributed by atoms with Crippen LogP contribution in [0.3, 0.4) is 0 Å². The van der Waals surface area contributed by atoms with E-state index in [1.165, 1.54) is 12.8 Å². The van der Waals surface area contributed by atoms with E-state index in [2.05, 4.69) is 25.2 Å². The number of aliphatic carboxylic acids is 1. The van der Waals surface area contributed by atoms with Gasteiger partial charge in [-0.15, -0.1) is 0 Å². The molecular formula is C15H26N2O3. The summed E-state index contributed by atoms with van der Waals surface area (Å²) in [5.41, 5.74) is 5.51. The summed E-state index contributed by atoms with van der Waals surface area (Å²) in [5, 5.41) is 11.3. The Labute approximate surface area is 120 Å². The summed E-state index contributed by atoms with van der Waals surface area (Å²) >= 11 is 0. The summed E-state index contributed by atoms with van der Waals surface area (Å²) in [6.07, 6.45) is 6.39. The van der Waals surface area contributed by atoms with Crippen molar-refractivity contribution in [3.63, 3.8) is 0 Å². The Morgan fingerprint density at radius 2 is 1.90 bits per heavy atom. The Hall–Kier alpha value is -1.36. The number of carbonyl (C=O) groups excluding carboxylic acids is 1. The Bertz CT molecular complexity index is 373. The molecule has 0 aliphatic heterocycles. The van der Waals surface area contributed by atoms with Gasteiger partial charge in [-0.3, -0.25) is 9.59 Å². The van der Waals surface area contributed by atoms with Crippen LogP contribution in [0.5, 0.6) is 0 Å². The summed E-state index contributed by atoms with van der Waals surface area (Å²) in [7, 11) is 0. The summed E-state index contributed by atoms with van der Waals surface area (Å²) in [5.74, 6) is 0.447. The van der Waals surface area contributed by atoms with E-state index < -0.39 is 17.9 Å². The lowest BCUT2D eigenvalue weighted by Gasteiger charge is -2.18. The molecule has 1 fully saturated rings. The number of nitrogens with two attached hydrogens (primary N) is 1. The monoisotopic (exact) mass is 282 g/mol. The summed E-state index contributed by atoms with van der Waals surface area (Å²) < 4.78 is 0. The maximum Gasteiger partial charge on any atom is 0.305 e. The lowest BCUT2D eigenvalue weighted by Crippen LogP contribution is -2.44. The Balaban J connectivity index is 2.43. The molecule has 4 N–H and O–H groups in total. The lowest BCUT2D eigenvalue weighted by molar-refractivity contribution is -0.139. The van der Waals surface area contributed by atoms with Crippen LogP contribution in [0.25, 0.3) is 0 Å². The average molecular weight is 282 g/mol. The van der Waals surface area contributed by atoms with Crippen LogP contribution in [-0.2, 0) is 9.59 Å². The van der Waals surface area contributed by atoms with Crippen LogP contribution in [0.2, 0.25) is 0 Å². The number of hydrogen-bond acceptors (Lipinski definition) is 3. The molecule has 2 unspecified atom stereocenters. The van der Waals surface area contributed by atoms with Gasteiger partial charge in [0.1, 0.15) is 0 Å². The first kappa shape index (κ1) is 16.7. The van der Waals surface area contributed by atoms with Crippen LogP contribution < -0.4 is 11.1 Å². The van der Waals surface area contributed by atoms with Crippen molar-refractivity contribution < 1.29 is 14.7 Å². The highest BCUT2D eigenvalue weighted by Gasteiger charge is 2.31. The third-order valence-corrected chi connectivity index (χ3v) is 3.66. The SMILES string of the molecule is CC(C=CC(C(C)C)C1CC1)NC(=O)[C@@H](N)CC(=O)O. The van der Waals surface area contributed by atoms with Gasteiger partial charge in [0.2, 0.25) is 5.91 Å². The van der Waals surface area contributed by atoms with Gasteiger partial charge in [0.05, 0.1) is 12.5 Å². The molecular weight excluding hydrogens is 256 g/mol. The topological polar surface area (TPSA) is 92.4 Å². The van der Waals surface area contributed by atoms with E-state index in [0.29, 0.717) is 11.8 Å². The van der Waals surface area contributed by atoms with E-state index in [1.807, 2.05) is 13.0 Å². The van der Waals surface area contributed by atoms with E-state index in [1.54, 1.807) is 0 Å². The molecule has 114 valence electrons. The summed E-state index contributed by atoms with van der Waals surface area (Å²) in [6, 6.07) is -1.13. The van der Waals surface area contributed by atoms with Gasteiger partial charge in [0.25, 0.3) is 0 Å². The van der Waals surface area contributed by atoms with Crippen molar-refractivity contribution in [1.82, 2.24) is 5.32 Å². The molecule has 0 bridgehead atoms. The van der Waals surface area contributed by atoms with Crippen molar-refractivity contribution in [1.29, 1.82) is 0 Å². The third kappa shape index (κ3) is 5.74. The molecule has 0 aromatic heterocycles. The van der Waals surface area contributed by atoms with Gasteiger partial charge >= 0.3 is 5.97 Å². The molecule has 1 rings (SSSR count). The molecule has 3 atom stereocenters. The van der Waals surface area contributed by atoms with Gasteiger partial charge in [-0.05, 0) is 37.5 Å². The van der Waals surface area contributed by atoms with Gasteiger partial charge in [-0.1, -0.05) is 26.0 Å². The molecule has 0 heterocycles. The maximum atomic E-state index is 11.7. The van der Waals surface area contributed by atoms with Gasteiger partial charge in [-0.2, -0.15) is 0 Å². The fourth-order valence-electron chi connectivity index (χ4n) is 2.36. The van der Waals surface area contributed by atoms with Gasteiger partial charge in [0.15, 0.2) is 0 Å². The lowest BCUT2D eigenvalue weighted by atomic mass is 9.90. The minimum Gasteiger partial charge on any atom is -0.481 e. The molecule has 0 aromatic carbocycles. The van der Waals surface area contributed by atoms with E-state index in [9.17, 15) is 9.59 Å². The predicted octanol–water partition coefficient (Wildman–Crippen LogP) is 1.53. The number of hydrogen-bond donors (Lipinski definition) is 3. The van der Waals surface area contributed by atoms with Crippen LogP contribution in [0.1, 0.15) is 40.0 Å². The second-order valence-corrected chi connectivity index (χ2v) is 6.05. The van der Waals surface area contributed by atoms with Crippen LogP contribution in [0, 0.1) is 17.8 Å². The largest absolute Gasteiger partial charge is 0.481 e. The molecule has 5 nitrogen and oxygen atoms in total. The Morgan fingerprint density at radius 3 is 2.35 bits per heavy atom. The smallest absolute Gasteiger partial charge is 0.305 e. The Kier molecular flexibility index (Phi) is 6.20. The van der Waals surface area contributed by atoms with Crippen LogP contribution in [0.15, 0.2) is 12.2 Å². The molecule has 1 saturated carbocycles. The van der Waals surface area contributed by atoms with Crippen LogP contribution >= 0.6 is 0 Å². The summed E-state index contributed by atoms with van der Waals surface area (Å²) in [4.78, 5) is 22.2. The van der Waals surface area contributed by atoms with Crippen LogP contribution in [0.4, 0.5) is 0 Å². The Morgan fingerprint density at radius 1 is 1.30 bits per heavy atom. The standard InChI is InChI=1S/C15H26N2O3/c1-9(2)12(11-5-6-11)7-4-10(3)17-15(20)13(16)8-14(18)19/h4,7,9-13H,5-6,8,16H2,1-3H3,(H,17,20)(H,18,19)/t10?,12?,13-/m0/s1. The van der Waals surface area contributed by atoms with E-state index in [-0.39, 0.29) is 12.5 Å². The molecule has 0 aromatic rings. The van der Waals surface area contributed by atoms with E-state index >= 15 is 0 Å². The van der Waals surface area contributed by atoms with Crippen molar-refractivity contribution in [2.75, 3.05) is 0 Å². The number of carboxylic acids is 1. The quantitative estimate of drug-likeness (QED) is 0.589. The number of carboxylic acid groups (broad SMARTS) is 1. The van der Waals surface area contributed by atoms with Gasteiger partial charge in [0, 0.05) is 6.04 Å². The van der Waals surface area contributed by atoms with Crippen molar-refractivity contribution in [2.24, 2.45) is 23.5 Å². The number of rotatable bonds is 8. The third-order valence-electron chi connectivity index (χ3n) is 3.66. The molecule has 20 heavy (non-hydrogen) atoms. The maximum absolute atomic E-state index is 11.7. The minimum absolute atomic E-state index is 0.137. The van der Waals surface area contributed by atoms with Crippen molar-refractivity contribution >= 4 is 11.9 Å². The molecule has 0 saturated heterocycles. The first-order chi connectivity index (χ1) is 9.31. The molecule has 1 aliphatic carbocycles. The normalized spacial score (nSPS) is 19.9. The second kappa shape index (κ2) is 7.43. The zero-order valence-electron chi connectivity index (χ0n) is 12.5. The number of carbonyl (C=O) groups is 2. The number of amides is 1. The first-order valence-corrected chi connectivity index (χ1v) is 7.27. The first-order valence-electron chi connectivity index (χ1n) is 7.27. The highest BCUT2D eigenvalue weighted by Crippen LogP contribution is 2.41. The second-order valence-electron chi connectivity index (χ2n) is 6.05. The average Bonchev–Trinajstić information content (AvgIpc) is 3.12. The predicted molar refractivity (Wildman–Crippen MR) is 78.0 cm³/mol. The highest BCUT2D eigenvalue weighted by molar-refractivity contribution is 5.86. The van der Waals surface area contributed by atoms with E-state index in [4.69, 9.17) is 10.8 Å². The fraction of sp³-hybridized carbons (Fsp3) is 0.733. The van der Waals surface area contributed by atoms with Crippen molar-refractivity contribution in [2.45, 2.75) is 52.1 Å². The zero-order valence-corrected chi connectivity index (χ0v) is 12.5. The molecule has 5 heteroatoms. The zero-order chi connectivity index (χ0) is 15.3. The summed E-state index contributed by atoms with van der Waals surface area (Å²) in [6.45, 7) is 6.28. The molecule has 1 amide bonds. The van der Waals surface area contributed by atoms with Crippen molar-refractivity contribution in [3.8, 4) is 0 Å². The number of nitrogens with one attached hydrogen (secondary N) is 1. The van der Waals surface area contributed by atoms with Gasteiger partial charge < -0.3 is 16.2 Å². The minimum atomic E-state index is -1.07. The molecule has 0 spiro atoms. The number of allylic oxidation sites excluding steroid dienone is 1. The van der Waals surface area contributed by atoms with Crippen molar-refractivity contribution in [3.05, 3.63) is 12.2 Å². The molecule has 0 radical (unpaired) electrons. The molecule has 1 aliphatic rings.